The zero-order valence-electron chi connectivity index (χ0n) is 16.6. The van der Waals surface area contributed by atoms with Gasteiger partial charge in [-0.3, -0.25) is 9.80 Å². The van der Waals surface area contributed by atoms with Gasteiger partial charge in [-0.15, -0.1) is 0 Å². The number of hydrogen-bond donors (Lipinski definition) is 0. The van der Waals surface area contributed by atoms with Crippen LogP contribution in [0, 0.1) is 6.92 Å². The minimum Gasteiger partial charge on any atom is -0.379 e. The van der Waals surface area contributed by atoms with E-state index in [0.717, 1.165) is 71.1 Å². The Bertz CT molecular complexity index is 774. The molecule has 2 aliphatic rings. The molecule has 0 unspecified atom stereocenters. The van der Waals surface area contributed by atoms with Crippen molar-refractivity contribution in [3.05, 3.63) is 53.3 Å². The lowest BCUT2D eigenvalue weighted by Gasteiger charge is -2.34. The first-order valence-corrected chi connectivity index (χ1v) is 10.1. The summed E-state index contributed by atoms with van der Waals surface area (Å²) in [5.74, 6) is 0. The number of benzene rings is 1. The van der Waals surface area contributed by atoms with Crippen LogP contribution in [-0.4, -0.2) is 83.0 Å². The van der Waals surface area contributed by atoms with E-state index < -0.39 is 0 Å². The van der Waals surface area contributed by atoms with Gasteiger partial charge < -0.3 is 9.64 Å². The van der Waals surface area contributed by atoms with Crippen molar-refractivity contribution in [1.82, 2.24) is 24.5 Å². The molecule has 28 heavy (non-hydrogen) atoms. The van der Waals surface area contributed by atoms with Gasteiger partial charge in [0.1, 0.15) is 0 Å². The topological polar surface area (TPSA) is 53.8 Å². The fourth-order valence-electron chi connectivity index (χ4n) is 3.79. The molecule has 2 saturated heterocycles. The standard InChI is InChI=1S/C21H29N5O2/c1-18-14-22-26(15-18)21(27)25-8-6-23(7-9-25)16-19-2-4-20(5-3-19)17-24-10-12-28-13-11-24/h2-5,14-15H,6-13,16-17H2,1H3. The number of piperazine rings is 1. The van der Waals surface area contributed by atoms with Crippen LogP contribution in [-0.2, 0) is 17.8 Å². The highest BCUT2D eigenvalue weighted by Crippen LogP contribution is 2.13. The van der Waals surface area contributed by atoms with Crippen LogP contribution in [0.5, 0.6) is 0 Å². The van der Waals surface area contributed by atoms with Crippen LogP contribution in [0.1, 0.15) is 16.7 Å². The molecule has 0 saturated carbocycles. The number of aromatic nitrogens is 2. The van der Waals surface area contributed by atoms with Crippen LogP contribution in [0.2, 0.25) is 0 Å². The van der Waals surface area contributed by atoms with E-state index in [2.05, 4.69) is 39.2 Å². The molecule has 0 aliphatic carbocycles. The minimum absolute atomic E-state index is 0.0276. The van der Waals surface area contributed by atoms with Crippen molar-refractivity contribution in [3.8, 4) is 0 Å². The Kier molecular flexibility index (Phi) is 6.04. The van der Waals surface area contributed by atoms with Gasteiger partial charge in [0.15, 0.2) is 0 Å². The molecule has 1 aromatic heterocycles. The fourth-order valence-corrected chi connectivity index (χ4v) is 3.79. The molecule has 4 rings (SSSR count). The average molecular weight is 383 g/mol. The van der Waals surface area contributed by atoms with Crippen LogP contribution in [0.4, 0.5) is 4.79 Å². The number of carbonyl (C=O) groups excluding carboxylic acids is 1. The van der Waals surface area contributed by atoms with E-state index in [4.69, 9.17) is 4.74 Å². The normalized spacial score (nSPS) is 19.1. The van der Waals surface area contributed by atoms with E-state index >= 15 is 0 Å². The van der Waals surface area contributed by atoms with Crippen LogP contribution in [0.25, 0.3) is 0 Å². The van der Waals surface area contributed by atoms with Crippen LogP contribution in [0.15, 0.2) is 36.7 Å². The second-order valence-electron chi connectivity index (χ2n) is 7.71. The van der Waals surface area contributed by atoms with Gasteiger partial charge in [0.2, 0.25) is 0 Å². The van der Waals surface area contributed by atoms with E-state index in [0.29, 0.717) is 0 Å². The molecular weight excluding hydrogens is 354 g/mol. The Hall–Kier alpha value is -2.22. The van der Waals surface area contributed by atoms with Crippen molar-refractivity contribution in [2.24, 2.45) is 0 Å². The van der Waals surface area contributed by atoms with Gasteiger partial charge in [0, 0.05) is 58.6 Å². The molecule has 1 aromatic carbocycles. The summed E-state index contributed by atoms with van der Waals surface area (Å²) in [4.78, 5) is 19.2. The second-order valence-corrected chi connectivity index (χ2v) is 7.71. The summed E-state index contributed by atoms with van der Waals surface area (Å²) in [6.45, 7) is 10.9. The summed E-state index contributed by atoms with van der Waals surface area (Å²) in [5.41, 5.74) is 3.69. The maximum Gasteiger partial charge on any atom is 0.344 e. The van der Waals surface area contributed by atoms with Crippen LogP contribution >= 0.6 is 0 Å². The van der Waals surface area contributed by atoms with Gasteiger partial charge in [0.05, 0.1) is 19.4 Å². The minimum atomic E-state index is -0.0276. The lowest BCUT2D eigenvalue weighted by atomic mass is 10.1. The largest absolute Gasteiger partial charge is 0.379 e. The molecule has 7 heteroatoms. The van der Waals surface area contributed by atoms with Gasteiger partial charge >= 0.3 is 6.03 Å². The van der Waals surface area contributed by atoms with Crippen molar-refractivity contribution in [1.29, 1.82) is 0 Å². The second kappa shape index (κ2) is 8.86. The van der Waals surface area contributed by atoms with Crippen LogP contribution in [0.3, 0.4) is 0 Å². The quantitative estimate of drug-likeness (QED) is 0.806. The summed E-state index contributed by atoms with van der Waals surface area (Å²) >= 11 is 0. The number of hydrogen-bond acceptors (Lipinski definition) is 5. The first-order chi connectivity index (χ1) is 13.7. The Morgan fingerprint density at radius 3 is 2.04 bits per heavy atom. The summed E-state index contributed by atoms with van der Waals surface area (Å²) in [6, 6.07) is 8.93. The molecule has 0 bridgehead atoms. The number of amides is 1. The highest BCUT2D eigenvalue weighted by atomic mass is 16.5. The lowest BCUT2D eigenvalue weighted by Crippen LogP contribution is -2.49. The molecule has 3 heterocycles. The van der Waals surface area contributed by atoms with Crippen LogP contribution < -0.4 is 0 Å². The molecule has 0 spiro atoms. The van der Waals surface area contributed by atoms with E-state index in [9.17, 15) is 4.79 Å². The smallest absolute Gasteiger partial charge is 0.344 e. The molecular formula is C21H29N5O2. The Labute approximate surface area is 166 Å². The zero-order chi connectivity index (χ0) is 19.3. The van der Waals surface area contributed by atoms with Gasteiger partial charge in [-0.05, 0) is 23.6 Å². The summed E-state index contributed by atoms with van der Waals surface area (Å²) < 4.78 is 6.86. The molecule has 0 radical (unpaired) electrons. The van der Waals surface area contributed by atoms with Gasteiger partial charge in [-0.1, -0.05) is 24.3 Å². The first kappa shape index (κ1) is 19.1. The van der Waals surface area contributed by atoms with Crippen molar-refractivity contribution in [3.63, 3.8) is 0 Å². The van der Waals surface area contributed by atoms with E-state index in [1.807, 2.05) is 11.8 Å². The number of ether oxygens (including phenoxy) is 1. The Morgan fingerprint density at radius 1 is 0.929 bits per heavy atom. The molecule has 2 fully saturated rings. The zero-order valence-corrected chi connectivity index (χ0v) is 16.6. The third-order valence-electron chi connectivity index (χ3n) is 5.49. The Balaban J connectivity index is 1.24. The van der Waals surface area contributed by atoms with E-state index in [-0.39, 0.29) is 6.03 Å². The van der Waals surface area contributed by atoms with Crippen molar-refractivity contribution < 1.29 is 9.53 Å². The predicted octanol–water partition coefficient (Wildman–Crippen LogP) is 1.81. The van der Waals surface area contributed by atoms with Crippen molar-refractivity contribution in [2.75, 3.05) is 52.5 Å². The molecule has 1 amide bonds. The fraction of sp³-hybridized carbons (Fsp3) is 0.524. The molecule has 7 nitrogen and oxygen atoms in total. The SMILES string of the molecule is Cc1cnn(C(=O)N2CCN(Cc3ccc(CN4CCOCC4)cc3)CC2)c1. The third kappa shape index (κ3) is 4.79. The molecule has 150 valence electrons. The summed E-state index contributed by atoms with van der Waals surface area (Å²) in [6.07, 6.45) is 3.50. The van der Waals surface area contributed by atoms with E-state index in [1.54, 1.807) is 12.4 Å². The number of morpholine rings is 1. The number of aryl methyl sites for hydroxylation is 1. The highest BCUT2D eigenvalue weighted by Gasteiger charge is 2.22. The lowest BCUT2D eigenvalue weighted by molar-refractivity contribution is 0.0342. The predicted molar refractivity (Wildman–Crippen MR) is 107 cm³/mol. The van der Waals surface area contributed by atoms with Crippen molar-refractivity contribution in [2.45, 2.75) is 20.0 Å². The maximum atomic E-state index is 12.5. The average Bonchev–Trinajstić information content (AvgIpc) is 3.17. The van der Waals surface area contributed by atoms with Gasteiger partial charge in [-0.2, -0.15) is 9.78 Å². The number of rotatable bonds is 4. The maximum absolute atomic E-state index is 12.5. The van der Waals surface area contributed by atoms with Gasteiger partial charge in [0.25, 0.3) is 0 Å². The van der Waals surface area contributed by atoms with Gasteiger partial charge in [-0.25, -0.2) is 4.79 Å². The van der Waals surface area contributed by atoms with E-state index in [1.165, 1.54) is 15.8 Å². The monoisotopic (exact) mass is 383 g/mol. The molecule has 2 aliphatic heterocycles. The Morgan fingerprint density at radius 2 is 1.50 bits per heavy atom. The molecule has 2 aromatic rings. The molecule has 0 N–H and O–H groups in total. The first-order valence-electron chi connectivity index (χ1n) is 10.1. The molecule has 0 atom stereocenters. The number of carbonyl (C=O) groups is 1. The van der Waals surface area contributed by atoms with Crippen molar-refractivity contribution >= 4 is 6.03 Å². The summed E-state index contributed by atoms with van der Waals surface area (Å²) in [5, 5.41) is 4.13. The highest BCUT2D eigenvalue weighted by molar-refractivity contribution is 5.76. The summed E-state index contributed by atoms with van der Waals surface area (Å²) in [7, 11) is 0. The third-order valence-corrected chi connectivity index (χ3v) is 5.49. The number of nitrogens with zero attached hydrogens (tertiary/aromatic N) is 5.